The fourth-order valence-electron chi connectivity index (χ4n) is 3.37. The minimum absolute atomic E-state index is 0.00525. The maximum absolute atomic E-state index is 11.2. The van der Waals surface area contributed by atoms with Crippen LogP contribution in [-0.2, 0) is 12.6 Å². The summed E-state index contributed by atoms with van der Waals surface area (Å²) >= 11 is 0. The minimum Gasteiger partial charge on any atom is -0.385 e. The molecule has 0 radical (unpaired) electrons. The molecule has 2 N–H and O–H groups in total. The molecule has 2 aromatic rings. The van der Waals surface area contributed by atoms with Gasteiger partial charge in [0.2, 0.25) is 0 Å². The molecule has 0 aliphatic carbocycles. The quantitative estimate of drug-likeness (QED) is 0.843. The molecule has 0 saturated carbocycles. The van der Waals surface area contributed by atoms with Crippen molar-refractivity contribution < 1.29 is 5.11 Å². The van der Waals surface area contributed by atoms with Crippen molar-refractivity contribution in [1.29, 1.82) is 0 Å². The molecule has 0 amide bonds. The number of hydrogen-bond donors (Lipinski definition) is 2. The van der Waals surface area contributed by atoms with Crippen LogP contribution in [0.4, 0.5) is 0 Å². The Morgan fingerprint density at radius 1 is 1.35 bits per heavy atom. The number of hydrogen-bond acceptors (Lipinski definition) is 5. The lowest BCUT2D eigenvalue weighted by Crippen LogP contribution is -2.47. The second-order valence-electron chi connectivity index (χ2n) is 6.39. The van der Waals surface area contributed by atoms with Gasteiger partial charge in [0.05, 0.1) is 17.3 Å². The van der Waals surface area contributed by atoms with Crippen molar-refractivity contribution in [2.75, 3.05) is 7.05 Å². The molecule has 1 aliphatic heterocycles. The first-order valence-corrected chi connectivity index (χ1v) is 7.87. The molecule has 23 heavy (non-hydrogen) atoms. The van der Waals surface area contributed by atoms with Gasteiger partial charge in [0, 0.05) is 39.0 Å². The van der Waals surface area contributed by atoms with E-state index in [2.05, 4.69) is 27.5 Å². The van der Waals surface area contributed by atoms with Gasteiger partial charge in [-0.1, -0.05) is 29.5 Å². The number of nitrogens with zero attached hydrogens (tertiary/aromatic N) is 4. The molecule has 1 aliphatic rings. The van der Waals surface area contributed by atoms with Gasteiger partial charge in [-0.3, -0.25) is 9.67 Å². The molecule has 3 atom stereocenters. The highest BCUT2D eigenvalue weighted by Gasteiger charge is 2.40. The van der Waals surface area contributed by atoms with E-state index >= 15 is 0 Å². The number of aromatic nitrogens is 3. The van der Waals surface area contributed by atoms with Crippen molar-refractivity contribution in [2.45, 2.75) is 37.5 Å². The summed E-state index contributed by atoms with van der Waals surface area (Å²) in [5.74, 6) is 0. The van der Waals surface area contributed by atoms with Gasteiger partial charge in [-0.15, -0.1) is 5.10 Å². The third-order valence-corrected chi connectivity index (χ3v) is 4.37. The van der Waals surface area contributed by atoms with Crippen LogP contribution in [0.1, 0.15) is 42.6 Å². The lowest BCUT2D eigenvalue weighted by atomic mass is 9.78. The van der Waals surface area contributed by atoms with Crippen molar-refractivity contribution in [3.05, 3.63) is 47.3 Å². The average Bonchev–Trinajstić information content (AvgIpc) is 2.94. The van der Waals surface area contributed by atoms with Gasteiger partial charge in [0.1, 0.15) is 0 Å². The summed E-state index contributed by atoms with van der Waals surface area (Å²) in [5, 5.41) is 22.9. The zero-order valence-electron chi connectivity index (χ0n) is 13.8. The van der Waals surface area contributed by atoms with Gasteiger partial charge >= 0.3 is 0 Å². The molecular formula is C17H23N5O. The lowest BCUT2D eigenvalue weighted by molar-refractivity contribution is -0.0235. The summed E-state index contributed by atoms with van der Waals surface area (Å²) in [4.78, 5) is 4.02. The SMILES string of the molecule is CN=Cc1ccc([C@@]2(O)C[C@@H](c3cn(C)nn3)N[C@@H](C)C2)cc1. The normalized spacial score (nSPS) is 28.3. The second kappa shape index (κ2) is 6.22. The van der Waals surface area contributed by atoms with E-state index in [0.717, 1.165) is 16.8 Å². The fourth-order valence-corrected chi connectivity index (χ4v) is 3.37. The van der Waals surface area contributed by atoms with Gasteiger partial charge in [0.15, 0.2) is 0 Å². The van der Waals surface area contributed by atoms with Crippen molar-refractivity contribution in [3.63, 3.8) is 0 Å². The van der Waals surface area contributed by atoms with Crippen molar-refractivity contribution in [3.8, 4) is 0 Å². The third-order valence-electron chi connectivity index (χ3n) is 4.37. The number of aryl methyl sites for hydroxylation is 1. The van der Waals surface area contributed by atoms with Crippen LogP contribution in [0, 0.1) is 0 Å². The molecule has 0 spiro atoms. The summed E-state index contributed by atoms with van der Waals surface area (Å²) < 4.78 is 1.69. The maximum Gasteiger partial charge on any atom is 0.0997 e. The first-order chi connectivity index (χ1) is 11.0. The highest BCUT2D eigenvalue weighted by Crippen LogP contribution is 2.39. The Balaban J connectivity index is 1.87. The molecule has 6 heteroatoms. The van der Waals surface area contributed by atoms with E-state index in [-0.39, 0.29) is 12.1 Å². The Morgan fingerprint density at radius 2 is 2.09 bits per heavy atom. The van der Waals surface area contributed by atoms with E-state index in [9.17, 15) is 5.11 Å². The van der Waals surface area contributed by atoms with Gasteiger partial charge in [-0.2, -0.15) is 0 Å². The zero-order chi connectivity index (χ0) is 16.4. The minimum atomic E-state index is -0.866. The summed E-state index contributed by atoms with van der Waals surface area (Å²) in [6, 6.07) is 8.15. The molecule has 3 rings (SSSR count). The van der Waals surface area contributed by atoms with E-state index in [1.54, 1.807) is 17.9 Å². The summed E-state index contributed by atoms with van der Waals surface area (Å²) in [5.41, 5.74) is 1.97. The van der Waals surface area contributed by atoms with E-state index in [1.165, 1.54) is 0 Å². The predicted molar refractivity (Wildman–Crippen MR) is 89.4 cm³/mol. The number of rotatable bonds is 3. The molecule has 2 heterocycles. The van der Waals surface area contributed by atoms with Crippen LogP contribution in [0.5, 0.6) is 0 Å². The summed E-state index contributed by atoms with van der Waals surface area (Å²) in [7, 11) is 3.60. The fraction of sp³-hybridized carbons (Fsp3) is 0.471. The molecule has 0 bridgehead atoms. The third kappa shape index (κ3) is 3.33. The van der Waals surface area contributed by atoms with Crippen LogP contribution in [0.3, 0.4) is 0 Å². The number of nitrogens with one attached hydrogen (secondary N) is 1. The number of benzene rings is 1. The monoisotopic (exact) mass is 313 g/mol. The maximum atomic E-state index is 11.2. The number of aliphatic hydroxyl groups is 1. The first-order valence-electron chi connectivity index (χ1n) is 7.87. The van der Waals surface area contributed by atoms with Crippen molar-refractivity contribution in [1.82, 2.24) is 20.3 Å². The number of piperidine rings is 1. The molecule has 1 aromatic carbocycles. The van der Waals surface area contributed by atoms with Crippen molar-refractivity contribution >= 4 is 6.21 Å². The van der Waals surface area contributed by atoms with Crippen LogP contribution in [0.15, 0.2) is 35.5 Å². The Bertz CT molecular complexity index is 693. The predicted octanol–water partition coefficient (Wildman–Crippen LogP) is 1.56. The van der Waals surface area contributed by atoms with Crippen LogP contribution in [0.2, 0.25) is 0 Å². The van der Waals surface area contributed by atoms with Crippen LogP contribution >= 0.6 is 0 Å². The average molecular weight is 313 g/mol. The molecular weight excluding hydrogens is 290 g/mol. The smallest absolute Gasteiger partial charge is 0.0997 e. The Hall–Kier alpha value is -2.05. The molecule has 1 aromatic heterocycles. The summed E-state index contributed by atoms with van der Waals surface area (Å²) in [6.07, 6.45) is 4.96. The Morgan fingerprint density at radius 3 is 2.70 bits per heavy atom. The van der Waals surface area contributed by atoms with Crippen LogP contribution in [0.25, 0.3) is 0 Å². The van der Waals surface area contributed by atoms with E-state index in [4.69, 9.17) is 0 Å². The van der Waals surface area contributed by atoms with Gasteiger partial charge in [0.25, 0.3) is 0 Å². The standard InChI is InChI=1S/C17H23N5O/c1-12-8-17(23,14-6-4-13(5-7-14)10-18-2)9-15(19-12)16-11-22(3)21-20-16/h4-7,10-12,15,19,23H,8-9H2,1-3H3/t12-,15-,17-/m0/s1. The van der Waals surface area contributed by atoms with Gasteiger partial charge in [-0.25, -0.2) is 0 Å². The Labute approximate surface area is 136 Å². The van der Waals surface area contributed by atoms with Crippen LogP contribution < -0.4 is 5.32 Å². The molecule has 1 fully saturated rings. The molecule has 6 nitrogen and oxygen atoms in total. The largest absolute Gasteiger partial charge is 0.385 e. The first kappa shape index (κ1) is 15.8. The van der Waals surface area contributed by atoms with Crippen LogP contribution in [-0.4, -0.2) is 39.4 Å². The molecule has 0 unspecified atom stereocenters. The van der Waals surface area contributed by atoms with Crippen molar-refractivity contribution in [2.24, 2.45) is 12.0 Å². The lowest BCUT2D eigenvalue weighted by Gasteiger charge is -2.40. The number of aliphatic imine (C=N–C) groups is 1. The highest BCUT2D eigenvalue weighted by atomic mass is 16.3. The molecule has 122 valence electrons. The van der Waals surface area contributed by atoms with Gasteiger partial charge < -0.3 is 10.4 Å². The second-order valence-corrected chi connectivity index (χ2v) is 6.39. The van der Waals surface area contributed by atoms with Gasteiger partial charge in [-0.05, 0) is 24.5 Å². The summed E-state index contributed by atoms with van der Waals surface area (Å²) in [6.45, 7) is 2.09. The molecule has 1 saturated heterocycles. The van der Waals surface area contributed by atoms with E-state index in [1.807, 2.05) is 37.5 Å². The van der Waals surface area contributed by atoms with E-state index in [0.29, 0.717) is 12.8 Å². The topological polar surface area (TPSA) is 75.3 Å². The Kier molecular flexibility index (Phi) is 4.28. The van der Waals surface area contributed by atoms with E-state index < -0.39 is 5.60 Å². The highest BCUT2D eigenvalue weighted by molar-refractivity contribution is 5.79. The zero-order valence-corrected chi connectivity index (χ0v) is 13.8.